The highest BCUT2D eigenvalue weighted by Gasteiger charge is 2.34. The summed E-state index contributed by atoms with van der Waals surface area (Å²) < 4.78 is 0. The molecule has 0 radical (unpaired) electrons. The third kappa shape index (κ3) is 4.71. The Morgan fingerprint density at radius 1 is 1.15 bits per heavy atom. The minimum Gasteiger partial charge on any atom is -0.393 e. The Morgan fingerprint density at radius 3 is 2.45 bits per heavy atom. The molecule has 2 rings (SSSR count). The monoisotopic (exact) mass is 282 g/mol. The minimum atomic E-state index is -0.0806. The molecule has 118 valence electrons. The lowest BCUT2D eigenvalue weighted by Gasteiger charge is -2.41. The number of nitrogens with zero attached hydrogens (tertiary/aromatic N) is 2. The van der Waals surface area contributed by atoms with Crippen molar-refractivity contribution in [1.29, 1.82) is 0 Å². The summed E-state index contributed by atoms with van der Waals surface area (Å²) in [5, 5.41) is 10.3. The zero-order valence-electron chi connectivity index (χ0n) is 13.9. The molecule has 1 saturated carbocycles. The van der Waals surface area contributed by atoms with E-state index in [0.717, 1.165) is 18.9 Å². The van der Waals surface area contributed by atoms with E-state index in [9.17, 15) is 5.11 Å². The van der Waals surface area contributed by atoms with Gasteiger partial charge in [-0.2, -0.15) is 0 Å². The van der Waals surface area contributed by atoms with Gasteiger partial charge in [0, 0.05) is 13.1 Å². The molecule has 0 aromatic carbocycles. The summed E-state index contributed by atoms with van der Waals surface area (Å²) in [6, 6.07) is 0. The number of piperidine rings is 1. The topological polar surface area (TPSA) is 26.7 Å². The van der Waals surface area contributed by atoms with E-state index >= 15 is 0 Å². The van der Waals surface area contributed by atoms with Crippen molar-refractivity contribution in [1.82, 2.24) is 9.80 Å². The van der Waals surface area contributed by atoms with Crippen LogP contribution in [0.2, 0.25) is 0 Å². The number of hydrogen-bond donors (Lipinski definition) is 1. The summed E-state index contributed by atoms with van der Waals surface area (Å²) >= 11 is 0. The molecule has 2 fully saturated rings. The van der Waals surface area contributed by atoms with E-state index in [1.54, 1.807) is 0 Å². The van der Waals surface area contributed by atoms with E-state index in [-0.39, 0.29) is 6.10 Å². The van der Waals surface area contributed by atoms with E-state index in [0.29, 0.717) is 11.3 Å². The van der Waals surface area contributed by atoms with Crippen molar-refractivity contribution >= 4 is 0 Å². The molecule has 2 aliphatic rings. The fourth-order valence-corrected chi connectivity index (χ4v) is 4.07. The molecule has 2 unspecified atom stereocenters. The smallest absolute Gasteiger partial charge is 0.0581 e. The Hall–Kier alpha value is -0.120. The SMILES string of the molecule is CN1CCC(CN(C)CC2CC(C)(C)CCC2O)CC1. The molecule has 0 amide bonds. The summed E-state index contributed by atoms with van der Waals surface area (Å²) in [5.41, 5.74) is 0.415. The van der Waals surface area contributed by atoms with Gasteiger partial charge >= 0.3 is 0 Å². The summed E-state index contributed by atoms with van der Waals surface area (Å²) in [4.78, 5) is 4.91. The summed E-state index contributed by atoms with van der Waals surface area (Å²) in [6.07, 6.45) is 5.91. The zero-order chi connectivity index (χ0) is 14.8. The summed E-state index contributed by atoms with van der Waals surface area (Å²) in [7, 11) is 4.47. The first kappa shape index (κ1) is 16.3. The van der Waals surface area contributed by atoms with Gasteiger partial charge in [0.2, 0.25) is 0 Å². The predicted octanol–water partition coefficient (Wildman–Crippen LogP) is 2.45. The molecule has 0 bridgehead atoms. The maximum Gasteiger partial charge on any atom is 0.0581 e. The lowest BCUT2D eigenvalue weighted by molar-refractivity contribution is 0.00480. The summed E-state index contributed by atoms with van der Waals surface area (Å²) in [5.74, 6) is 1.32. The molecule has 1 aliphatic carbocycles. The first-order valence-corrected chi connectivity index (χ1v) is 8.41. The Kier molecular flexibility index (Phi) is 5.49. The van der Waals surface area contributed by atoms with Crippen molar-refractivity contribution in [2.45, 2.75) is 52.1 Å². The van der Waals surface area contributed by atoms with Crippen molar-refractivity contribution in [3.8, 4) is 0 Å². The van der Waals surface area contributed by atoms with Crippen LogP contribution in [0.15, 0.2) is 0 Å². The lowest BCUT2D eigenvalue weighted by atomic mass is 9.70. The van der Waals surface area contributed by atoms with E-state index < -0.39 is 0 Å². The van der Waals surface area contributed by atoms with Crippen molar-refractivity contribution in [3.63, 3.8) is 0 Å². The van der Waals surface area contributed by atoms with Gasteiger partial charge < -0.3 is 14.9 Å². The normalized spacial score (nSPS) is 32.7. The number of aliphatic hydroxyl groups is 1. The van der Waals surface area contributed by atoms with Crippen molar-refractivity contribution in [3.05, 3.63) is 0 Å². The van der Waals surface area contributed by atoms with Crippen LogP contribution in [0.25, 0.3) is 0 Å². The second-order valence-electron chi connectivity index (χ2n) is 8.20. The van der Waals surface area contributed by atoms with E-state index in [4.69, 9.17) is 0 Å². The maximum atomic E-state index is 10.3. The van der Waals surface area contributed by atoms with Gasteiger partial charge in [-0.25, -0.2) is 0 Å². The summed E-state index contributed by atoms with van der Waals surface area (Å²) in [6.45, 7) is 9.47. The molecule has 1 N–H and O–H groups in total. The molecular formula is C17H34N2O. The van der Waals surface area contributed by atoms with Crippen LogP contribution in [0.4, 0.5) is 0 Å². The van der Waals surface area contributed by atoms with Crippen molar-refractivity contribution < 1.29 is 5.11 Å². The van der Waals surface area contributed by atoms with Crippen LogP contribution in [-0.2, 0) is 0 Å². The molecule has 2 atom stereocenters. The van der Waals surface area contributed by atoms with Gasteiger partial charge in [0.1, 0.15) is 0 Å². The quantitative estimate of drug-likeness (QED) is 0.858. The third-order valence-electron chi connectivity index (χ3n) is 5.43. The van der Waals surface area contributed by atoms with Crippen LogP contribution in [0.1, 0.15) is 46.0 Å². The zero-order valence-corrected chi connectivity index (χ0v) is 13.9. The molecule has 3 nitrogen and oxygen atoms in total. The number of rotatable bonds is 4. The fraction of sp³-hybridized carbons (Fsp3) is 1.00. The Morgan fingerprint density at radius 2 is 1.80 bits per heavy atom. The molecule has 1 aliphatic heterocycles. The second kappa shape index (κ2) is 6.76. The van der Waals surface area contributed by atoms with Gasteiger partial charge in [-0.05, 0) is 76.5 Å². The predicted molar refractivity (Wildman–Crippen MR) is 84.8 cm³/mol. The molecule has 20 heavy (non-hydrogen) atoms. The average molecular weight is 282 g/mol. The van der Waals surface area contributed by atoms with Gasteiger partial charge in [0.25, 0.3) is 0 Å². The first-order valence-electron chi connectivity index (χ1n) is 8.41. The van der Waals surface area contributed by atoms with Crippen LogP contribution in [0.5, 0.6) is 0 Å². The van der Waals surface area contributed by atoms with E-state index in [2.05, 4.69) is 37.7 Å². The van der Waals surface area contributed by atoms with Gasteiger partial charge in [0.15, 0.2) is 0 Å². The van der Waals surface area contributed by atoms with Gasteiger partial charge in [-0.1, -0.05) is 13.8 Å². The van der Waals surface area contributed by atoms with Gasteiger partial charge in [-0.15, -0.1) is 0 Å². The fourth-order valence-electron chi connectivity index (χ4n) is 4.07. The number of aliphatic hydroxyl groups excluding tert-OH is 1. The second-order valence-corrected chi connectivity index (χ2v) is 8.20. The van der Waals surface area contributed by atoms with Crippen LogP contribution in [-0.4, -0.2) is 61.3 Å². The molecule has 0 aromatic rings. The molecule has 3 heteroatoms. The number of hydrogen-bond acceptors (Lipinski definition) is 3. The Labute approximate surface area is 125 Å². The standard InChI is InChI=1S/C17H34N2O/c1-17(2)8-5-16(20)15(11-17)13-19(4)12-14-6-9-18(3)10-7-14/h14-16,20H,5-13H2,1-4H3. The average Bonchev–Trinajstić information content (AvgIpc) is 2.36. The highest BCUT2D eigenvalue weighted by atomic mass is 16.3. The van der Waals surface area contributed by atoms with Crippen molar-refractivity contribution in [2.75, 3.05) is 40.3 Å². The largest absolute Gasteiger partial charge is 0.393 e. The molecule has 1 heterocycles. The van der Waals surface area contributed by atoms with Gasteiger partial charge in [0.05, 0.1) is 6.10 Å². The number of likely N-dealkylation sites (tertiary alicyclic amines) is 1. The molecule has 0 aromatic heterocycles. The molecule has 1 saturated heterocycles. The first-order chi connectivity index (χ1) is 9.35. The highest BCUT2D eigenvalue weighted by molar-refractivity contribution is 4.86. The molecular weight excluding hydrogens is 248 g/mol. The Balaban J connectivity index is 1.77. The van der Waals surface area contributed by atoms with E-state index in [1.807, 2.05) is 0 Å². The van der Waals surface area contributed by atoms with Crippen molar-refractivity contribution in [2.24, 2.45) is 17.3 Å². The Bertz CT molecular complexity index is 297. The van der Waals surface area contributed by atoms with Crippen LogP contribution < -0.4 is 0 Å². The van der Waals surface area contributed by atoms with Crippen LogP contribution >= 0.6 is 0 Å². The van der Waals surface area contributed by atoms with Crippen LogP contribution in [0.3, 0.4) is 0 Å². The minimum absolute atomic E-state index is 0.0806. The maximum absolute atomic E-state index is 10.3. The van der Waals surface area contributed by atoms with E-state index in [1.165, 1.54) is 45.3 Å². The van der Waals surface area contributed by atoms with Gasteiger partial charge in [-0.3, -0.25) is 0 Å². The molecule has 0 spiro atoms. The third-order valence-corrected chi connectivity index (χ3v) is 5.43. The van der Waals surface area contributed by atoms with Crippen LogP contribution in [0, 0.1) is 17.3 Å². The lowest BCUT2D eigenvalue weighted by Crippen LogP contribution is -2.42. The highest BCUT2D eigenvalue weighted by Crippen LogP contribution is 2.39.